The summed E-state index contributed by atoms with van der Waals surface area (Å²) in [6.07, 6.45) is 0. The van der Waals surface area contributed by atoms with E-state index in [-0.39, 0.29) is 6.61 Å². The second-order valence-electron chi connectivity index (χ2n) is 2.44. The van der Waals surface area contributed by atoms with Gasteiger partial charge in [0.15, 0.2) is 0 Å². The number of hydrogen-bond donors (Lipinski definition) is 3. The van der Waals surface area contributed by atoms with E-state index in [1.54, 1.807) is 6.07 Å². The lowest BCUT2D eigenvalue weighted by Gasteiger charge is -2.02. The summed E-state index contributed by atoms with van der Waals surface area (Å²) in [7, 11) is 0. The van der Waals surface area contributed by atoms with Gasteiger partial charge in [-0.15, -0.1) is 0 Å². The first-order valence-corrected chi connectivity index (χ1v) is 3.44. The minimum absolute atomic E-state index is 0.134. The Hall–Kier alpha value is -1.55. The van der Waals surface area contributed by atoms with E-state index in [9.17, 15) is 4.79 Å². The highest BCUT2D eigenvalue weighted by Gasteiger charge is 2.02. The molecule has 1 rings (SSSR count). The van der Waals surface area contributed by atoms with Gasteiger partial charge in [-0.1, -0.05) is 6.07 Å². The van der Waals surface area contributed by atoms with E-state index in [1.165, 1.54) is 12.1 Å². The van der Waals surface area contributed by atoms with E-state index in [2.05, 4.69) is 0 Å². The molecule has 0 saturated heterocycles. The normalized spacial score (nSPS) is 9.75. The van der Waals surface area contributed by atoms with Crippen LogP contribution in [-0.2, 0) is 6.61 Å². The lowest BCUT2D eigenvalue weighted by atomic mass is 10.1. The smallest absolute Gasteiger partial charge is 0.248 e. The number of hydrogen-bond acceptors (Lipinski definition) is 3. The van der Waals surface area contributed by atoms with Crippen LogP contribution in [0.4, 0.5) is 5.69 Å². The van der Waals surface area contributed by atoms with E-state index in [4.69, 9.17) is 16.6 Å². The Bertz CT molecular complexity index is 310. The number of carbonyl (C=O) groups excluding carboxylic acids is 1. The average Bonchev–Trinajstić information content (AvgIpc) is 2.04. The van der Waals surface area contributed by atoms with Gasteiger partial charge in [0, 0.05) is 16.8 Å². The van der Waals surface area contributed by atoms with Crippen molar-refractivity contribution in [3.05, 3.63) is 29.3 Å². The van der Waals surface area contributed by atoms with Crippen molar-refractivity contribution in [3.63, 3.8) is 0 Å². The quantitative estimate of drug-likeness (QED) is 0.534. The van der Waals surface area contributed by atoms with Gasteiger partial charge in [-0.25, -0.2) is 0 Å². The summed E-state index contributed by atoms with van der Waals surface area (Å²) in [5.41, 5.74) is 11.9. The zero-order valence-corrected chi connectivity index (χ0v) is 6.45. The summed E-state index contributed by atoms with van der Waals surface area (Å²) in [5, 5.41) is 8.75. The standard InChI is InChI=1S/C8H10N2O2/c9-7-3-5(8(10)12)1-2-6(7)4-11/h1-3,11H,4,9H2,(H2,10,12). The first kappa shape index (κ1) is 8.55. The largest absolute Gasteiger partial charge is 0.398 e. The third-order valence-electron chi connectivity index (χ3n) is 1.60. The number of anilines is 1. The number of primary amides is 1. The molecule has 0 aliphatic rings. The van der Waals surface area contributed by atoms with Gasteiger partial charge in [0.25, 0.3) is 0 Å². The first-order valence-electron chi connectivity index (χ1n) is 3.44. The molecule has 64 valence electrons. The number of carbonyl (C=O) groups is 1. The molecule has 0 atom stereocenters. The monoisotopic (exact) mass is 166 g/mol. The van der Waals surface area contributed by atoms with Crippen molar-refractivity contribution in [3.8, 4) is 0 Å². The van der Waals surface area contributed by atoms with Crippen LogP contribution in [0.1, 0.15) is 15.9 Å². The van der Waals surface area contributed by atoms with Crippen LogP contribution in [0.15, 0.2) is 18.2 Å². The number of nitrogen functional groups attached to an aromatic ring is 1. The fourth-order valence-electron chi connectivity index (χ4n) is 0.892. The van der Waals surface area contributed by atoms with E-state index in [1.807, 2.05) is 0 Å². The highest BCUT2D eigenvalue weighted by molar-refractivity contribution is 5.93. The van der Waals surface area contributed by atoms with Crippen LogP contribution in [0, 0.1) is 0 Å². The molecule has 4 nitrogen and oxygen atoms in total. The van der Waals surface area contributed by atoms with E-state index < -0.39 is 5.91 Å². The minimum atomic E-state index is -0.522. The molecule has 1 amide bonds. The topological polar surface area (TPSA) is 89.3 Å². The van der Waals surface area contributed by atoms with Crippen LogP contribution in [0.5, 0.6) is 0 Å². The van der Waals surface area contributed by atoms with Crippen molar-refractivity contribution in [2.45, 2.75) is 6.61 Å². The van der Waals surface area contributed by atoms with Gasteiger partial charge >= 0.3 is 0 Å². The third kappa shape index (κ3) is 1.54. The maximum Gasteiger partial charge on any atom is 0.248 e. The molecule has 0 aliphatic heterocycles. The maximum atomic E-state index is 10.7. The SMILES string of the molecule is NC(=O)c1ccc(CO)c(N)c1. The predicted molar refractivity (Wildman–Crippen MR) is 45.3 cm³/mol. The predicted octanol–water partition coefficient (Wildman–Crippen LogP) is -0.140. The van der Waals surface area contributed by atoms with E-state index in [0.29, 0.717) is 16.8 Å². The Kier molecular flexibility index (Phi) is 2.30. The lowest BCUT2D eigenvalue weighted by Crippen LogP contribution is -2.11. The third-order valence-corrected chi connectivity index (χ3v) is 1.60. The molecule has 0 saturated carbocycles. The van der Waals surface area contributed by atoms with Gasteiger partial charge in [0.05, 0.1) is 6.61 Å². The van der Waals surface area contributed by atoms with Crippen molar-refractivity contribution in [2.75, 3.05) is 5.73 Å². The average molecular weight is 166 g/mol. The zero-order chi connectivity index (χ0) is 9.14. The summed E-state index contributed by atoms with van der Waals surface area (Å²) in [6, 6.07) is 4.56. The second kappa shape index (κ2) is 3.23. The van der Waals surface area contributed by atoms with Crippen molar-refractivity contribution in [1.29, 1.82) is 0 Å². The van der Waals surface area contributed by atoms with Crippen molar-refractivity contribution in [1.82, 2.24) is 0 Å². The Morgan fingerprint density at radius 3 is 2.58 bits per heavy atom. The molecule has 0 aliphatic carbocycles. The number of amides is 1. The fourth-order valence-corrected chi connectivity index (χ4v) is 0.892. The molecule has 0 bridgehead atoms. The first-order chi connectivity index (χ1) is 5.65. The molecule has 1 aromatic carbocycles. The molecule has 0 aromatic heterocycles. The highest BCUT2D eigenvalue weighted by atomic mass is 16.3. The molecule has 0 unspecified atom stereocenters. The highest BCUT2D eigenvalue weighted by Crippen LogP contribution is 2.13. The summed E-state index contributed by atoms with van der Waals surface area (Å²) in [5.74, 6) is -0.522. The molecule has 0 spiro atoms. The number of benzene rings is 1. The number of aliphatic hydroxyl groups excluding tert-OH is 1. The summed E-state index contributed by atoms with van der Waals surface area (Å²) < 4.78 is 0. The van der Waals surface area contributed by atoms with Crippen molar-refractivity contribution in [2.24, 2.45) is 5.73 Å². The second-order valence-corrected chi connectivity index (χ2v) is 2.44. The van der Waals surface area contributed by atoms with Gasteiger partial charge in [-0.2, -0.15) is 0 Å². The molecule has 0 radical (unpaired) electrons. The molecule has 12 heavy (non-hydrogen) atoms. The van der Waals surface area contributed by atoms with E-state index >= 15 is 0 Å². The molecular weight excluding hydrogens is 156 g/mol. The Morgan fingerprint density at radius 1 is 1.50 bits per heavy atom. The van der Waals surface area contributed by atoms with E-state index in [0.717, 1.165) is 0 Å². The van der Waals surface area contributed by atoms with Crippen LogP contribution in [0.3, 0.4) is 0 Å². The van der Waals surface area contributed by atoms with Crippen LogP contribution in [0.2, 0.25) is 0 Å². The zero-order valence-electron chi connectivity index (χ0n) is 6.45. The van der Waals surface area contributed by atoms with Crippen LogP contribution >= 0.6 is 0 Å². The molecule has 1 aromatic rings. The van der Waals surface area contributed by atoms with Crippen LogP contribution < -0.4 is 11.5 Å². The Balaban J connectivity index is 3.10. The number of rotatable bonds is 2. The minimum Gasteiger partial charge on any atom is -0.398 e. The summed E-state index contributed by atoms with van der Waals surface area (Å²) in [6.45, 7) is -0.134. The van der Waals surface area contributed by atoms with Crippen molar-refractivity contribution >= 4 is 11.6 Å². The van der Waals surface area contributed by atoms with Crippen LogP contribution in [0.25, 0.3) is 0 Å². The number of nitrogens with two attached hydrogens (primary N) is 2. The maximum absolute atomic E-state index is 10.7. The van der Waals surface area contributed by atoms with Gasteiger partial charge < -0.3 is 16.6 Å². The molecular formula is C8H10N2O2. The molecule has 5 N–H and O–H groups in total. The molecule has 0 heterocycles. The number of aliphatic hydroxyl groups is 1. The van der Waals surface area contributed by atoms with Gasteiger partial charge in [-0.3, -0.25) is 4.79 Å². The molecule has 4 heteroatoms. The molecule has 0 fully saturated rings. The van der Waals surface area contributed by atoms with Gasteiger partial charge in [0.1, 0.15) is 0 Å². The summed E-state index contributed by atoms with van der Waals surface area (Å²) in [4.78, 5) is 10.7. The fraction of sp³-hybridized carbons (Fsp3) is 0.125. The van der Waals surface area contributed by atoms with Crippen molar-refractivity contribution < 1.29 is 9.90 Å². The lowest BCUT2D eigenvalue weighted by molar-refractivity contribution is 0.100. The van der Waals surface area contributed by atoms with Gasteiger partial charge in [0.2, 0.25) is 5.91 Å². The Morgan fingerprint density at radius 2 is 2.17 bits per heavy atom. The van der Waals surface area contributed by atoms with Gasteiger partial charge in [-0.05, 0) is 12.1 Å². The Labute approximate surface area is 69.8 Å². The van der Waals surface area contributed by atoms with Crippen LogP contribution in [-0.4, -0.2) is 11.0 Å². The summed E-state index contributed by atoms with van der Waals surface area (Å²) >= 11 is 0.